The van der Waals surface area contributed by atoms with Crippen LogP contribution in [0, 0.1) is 0 Å². The SMILES string of the molecule is C=C/C(=C\C=C(C)C)c1cn(C)c2ccc(CN(C)CCCCc3ccccc3Cl)cc12. The molecule has 0 N–H and O–H groups in total. The number of aromatic nitrogens is 1. The van der Waals surface area contributed by atoms with Crippen molar-refractivity contribution >= 4 is 28.1 Å². The molecule has 1 heterocycles. The molecule has 0 aliphatic rings. The number of fused-ring (bicyclic) bond motifs is 1. The maximum absolute atomic E-state index is 6.28. The third kappa shape index (κ3) is 6.25. The van der Waals surface area contributed by atoms with Gasteiger partial charge < -0.3 is 9.47 Å². The fraction of sp³-hybridized carbons (Fsp3) is 0.310. The number of halogens is 1. The highest BCUT2D eigenvalue weighted by Crippen LogP contribution is 2.29. The maximum Gasteiger partial charge on any atom is 0.0484 e. The lowest BCUT2D eigenvalue weighted by Gasteiger charge is -2.17. The van der Waals surface area contributed by atoms with Crippen molar-refractivity contribution in [3.63, 3.8) is 0 Å². The third-order valence-electron chi connectivity index (χ3n) is 5.83. The zero-order valence-corrected chi connectivity index (χ0v) is 20.6. The Labute approximate surface area is 198 Å². The summed E-state index contributed by atoms with van der Waals surface area (Å²) in [6.07, 6.45) is 11.8. The minimum atomic E-state index is 0.880. The Bertz CT molecular complexity index is 1130. The summed E-state index contributed by atoms with van der Waals surface area (Å²) in [5.74, 6) is 0. The summed E-state index contributed by atoms with van der Waals surface area (Å²) in [6, 6.07) is 15.0. The number of hydrogen-bond donors (Lipinski definition) is 0. The normalized spacial score (nSPS) is 11.9. The van der Waals surface area contributed by atoms with Crippen LogP contribution < -0.4 is 0 Å². The van der Waals surface area contributed by atoms with Gasteiger partial charge in [0.15, 0.2) is 0 Å². The van der Waals surface area contributed by atoms with Gasteiger partial charge in [-0.1, -0.05) is 66.2 Å². The van der Waals surface area contributed by atoms with Crippen molar-refractivity contribution in [1.29, 1.82) is 0 Å². The molecular weight excluding hydrogens is 412 g/mol. The molecule has 2 nitrogen and oxygen atoms in total. The van der Waals surface area contributed by atoms with E-state index in [0.29, 0.717) is 0 Å². The number of hydrogen-bond acceptors (Lipinski definition) is 1. The van der Waals surface area contributed by atoms with Crippen LogP contribution in [0.5, 0.6) is 0 Å². The molecule has 2 aromatic carbocycles. The second-order valence-electron chi connectivity index (χ2n) is 8.86. The van der Waals surface area contributed by atoms with Crippen LogP contribution in [0.1, 0.15) is 43.4 Å². The second kappa shape index (κ2) is 11.4. The van der Waals surface area contributed by atoms with E-state index in [9.17, 15) is 0 Å². The van der Waals surface area contributed by atoms with Gasteiger partial charge in [-0.2, -0.15) is 0 Å². The molecule has 32 heavy (non-hydrogen) atoms. The van der Waals surface area contributed by atoms with Gasteiger partial charge in [-0.25, -0.2) is 0 Å². The average Bonchev–Trinajstić information content (AvgIpc) is 3.08. The molecular formula is C29H35ClN2. The Kier molecular flexibility index (Phi) is 8.55. The fourth-order valence-corrected chi connectivity index (χ4v) is 4.31. The quantitative estimate of drug-likeness (QED) is 0.227. The van der Waals surface area contributed by atoms with Crippen molar-refractivity contribution in [2.75, 3.05) is 13.6 Å². The van der Waals surface area contributed by atoms with Crippen LogP contribution in [-0.4, -0.2) is 23.1 Å². The van der Waals surface area contributed by atoms with E-state index in [4.69, 9.17) is 11.6 Å². The van der Waals surface area contributed by atoms with Crippen molar-refractivity contribution < 1.29 is 0 Å². The van der Waals surface area contributed by atoms with Crippen molar-refractivity contribution in [3.05, 3.63) is 101 Å². The van der Waals surface area contributed by atoms with Gasteiger partial charge in [-0.15, -0.1) is 0 Å². The van der Waals surface area contributed by atoms with E-state index >= 15 is 0 Å². The fourth-order valence-electron chi connectivity index (χ4n) is 4.08. The summed E-state index contributed by atoms with van der Waals surface area (Å²) >= 11 is 6.28. The van der Waals surface area contributed by atoms with E-state index in [-0.39, 0.29) is 0 Å². The van der Waals surface area contributed by atoms with E-state index in [2.05, 4.69) is 92.7 Å². The van der Waals surface area contributed by atoms with Crippen LogP contribution in [0.2, 0.25) is 5.02 Å². The Balaban J connectivity index is 1.67. The Morgan fingerprint density at radius 2 is 1.88 bits per heavy atom. The topological polar surface area (TPSA) is 8.17 Å². The van der Waals surface area contributed by atoms with Gasteiger partial charge in [0.25, 0.3) is 0 Å². The van der Waals surface area contributed by atoms with E-state index in [0.717, 1.165) is 42.9 Å². The lowest BCUT2D eigenvalue weighted by Crippen LogP contribution is -2.19. The third-order valence-corrected chi connectivity index (χ3v) is 6.20. The number of benzene rings is 2. The van der Waals surface area contributed by atoms with Crippen molar-refractivity contribution in [1.82, 2.24) is 9.47 Å². The molecule has 0 spiro atoms. The predicted octanol–water partition coefficient (Wildman–Crippen LogP) is 7.82. The zero-order chi connectivity index (χ0) is 23.1. The molecule has 3 rings (SSSR count). The molecule has 3 heteroatoms. The summed E-state index contributed by atoms with van der Waals surface area (Å²) < 4.78 is 2.20. The molecule has 0 aliphatic heterocycles. The van der Waals surface area contributed by atoms with Gasteiger partial charge >= 0.3 is 0 Å². The van der Waals surface area contributed by atoms with Crippen LogP contribution in [0.3, 0.4) is 0 Å². The molecule has 168 valence electrons. The summed E-state index contributed by atoms with van der Waals surface area (Å²) in [7, 11) is 4.31. The van der Waals surface area contributed by atoms with Crippen LogP contribution in [0.25, 0.3) is 16.5 Å². The Hall–Kier alpha value is -2.55. The molecule has 3 aromatic rings. The van der Waals surface area contributed by atoms with Crippen molar-refractivity contribution in [2.24, 2.45) is 7.05 Å². The largest absolute Gasteiger partial charge is 0.350 e. The van der Waals surface area contributed by atoms with Gasteiger partial charge in [-0.05, 0) is 81.6 Å². The molecule has 0 radical (unpaired) electrons. The minimum absolute atomic E-state index is 0.880. The van der Waals surface area contributed by atoms with Gasteiger partial charge in [-0.3, -0.25) is 0 Å². The van der Waals surface area contributed by atoms with E-state index in [1.807, 2.05) is 18.2 Å². The first-order valence-corrected chi connectivity index (χ1v) is 11.7. The van der Waals surface area contributed by atoms with Crippen molar-refractivity contribution in [3.8, 4) is 0 Å². The summed E-state index contributed by atoms with van der Waals surface area (Å²) in [5.41, 5.74) is 7.50. The average molecular weight is 447 g/mol. The number of nitrogens with zero attached hydrogens (tertiary/aromatic N) is 2. The van der Waals surface area contributed by atoms with Crippen LogP contribution in [0.4, 0.5) is 0 Å². The molecule has 1 aromatic heterocycles. The smallest absolute Gasteiger partial charge is 0.0484 e. The van der Waals surface area contributed by atoms with Crippen LogP contribution in [-0.2, 0) is 20.0 Å². The number of aryl methyl sites for hydroxylation is 2. The Morgan fingerprint density at radius 1 is 1.09 bits per heavy atom. The molecule has 0 amide bonds. The lowest BCUT2D eigenvalue weighted by molar-refractivity contribution is 0.319. The number of rotatable bonds is 10. The molecule has 0 saturated carbocycles. The summed E-state index contributed by atoms with van der Waals surface area (Å²) in [6.45, 7) is 10.3. The van der Waals surface area contributed by atoms with Crippen molar-refractivity contribution in [2.45, 2.75) is 39.7 Å². The maximum atomic E-state index is 6.28. The van der Waals surface area contributed by atoms with E-state index < -0.39 is 0 Å². The summed E-state index contributed by atoms with van der Waals surface area (Å²) in [4.78, 5) is 2.41. The summed E-state index contributed by atoms with van der Waals surface area (Å²) in [5, 5.41) is 2.16. The van der Waals surface area contributed by atoms with Gasteiger partial charge in [0.2, 0.25) is 0 Å². The first-order chi connectivity index (χ1) is 15.4. The molecule has 0 bridgehead atoms. The molecule has 0 unspecified atom stereocenters. The van der Waals surface area contributed by atoms with Crippen LogP contribution >= 0.6 is 11.6 Å². The van der Waals surface area contributed by atoms with Gasteiger partial charge in [0, 0.05) is 41.3 Å². The predicted molar refractivity (Wildman–Crippen MR) is 141 cm³/mol. The molecule has 0 saturated heterocycles. The van der Waals surface area contributed by atoms with Gasteiger partial charge in [0.1, 0.15) is 0 Å². The highest BCUT2D eigenvalue weighted by Gasteiger charge is 2.11. The first-order valence-electron chi connectivity index (χ1n) is 11.4. The number of unbranched alkanes of at least 4 members (excludes halogenated alkanes) is 1. The van der Waals surface area contributed by atoms with Gasteiger partial charge in [0.05, 0.1) is 0 Å². The van der Waals surface area contributed by atoms with Crippen LogP contribution in [0.15, 0.2) is 79.0 Å². The lowest BCUT2D eigenvalue weighted by atomic mass is 10.0. The highest BCUT2D eigenvalue weighted by atomic mass is 35.5. The minimum Gasteiger partial charge on any atom is -0.350 e. The molecule has 0 atom stereocenters. The molecule has 0 aliphatic carbocycles. The number of allylic oxidation sites excluding steroid dienone is 5. The first kappa shape index (κ1) is 24.1. The van der Waals surface area contributed by atoms with E-state index in [1.165, 1.54) is 33.2 Å². The zero-order valence-electron chi connectivity index (χ0n) is 19.9. The molecule has 0 fully saturated rings. The second-order valence-corrected chi connectivity index (χ2v) is 9.27. The highest BCUT2D eigenvalue weighted by molar-refractivity contribution is 6.31. The Morgan fingerprint density at radius 3 is 2.59 bits per heavy atom. The van der Waals surface area contributed by atoms with E-state index in [1.54, 1.807) is 0 Å². The standard InChI is InChI=1S/C29H35ClN2/c1-6-24(16-14-22(2)3)27-21-32(5)29-17-15-23(19-26(27)29)20-31(4)18-10-9-12-25-11-7-8-13-28(25)30/h6-8,11,13-17,19,21H,1,9-10,12,18,20H2,2-5H3/b24-16+. The monoisotopic (exact) mass is 446 g/mol.